The Kier molecular flexibility index (Phi) is 5.89. The fourth-order valence-corrected chi connectivity index (χ4v) is 3.66. The SMILES string of the molecule is Cc1cccc(N2CCN(c3ccnc(N(C)CCc4ccncc4)n3)CC2)c1. The number of anilines is 3. The molecule has 0 unspecified atom stereocenters. The van der Waals surface area contributed by atoms with Crippen molar-refractivity contribution >= 4 is 17.5 Å². The second kappa shape index (κ2) is 8.90. The van der Waals surface area contributed by atoms with Gasteiger partial charge < -0.3 is 14.7 Å². The van der Waals surface area contributed by atoms with E-state index in [1.54, 1.807) is 0 Å². The van der Waals surface area contributed by atoms with Gasteiger partial charge in [0, 0.05) is 64.0 Å². The molecule has 1 aromatic carbocycles. The van der Waals surface area contributed by atoms with Crippen LogP contribution in [0.5, 0.6) is 0 Å². The van der Waals surface area contributed by atoms with Crippen LogP contribution in [0.4, 0.5) is 17.5 Å². The summed E-state index contributed by atoms with van der Waals surface area (Å²) in [5.74, 6) is 1.78. The maximum absolute atomic E-state index is 4.83. The standard InChI is InChI=1S/C23H28N6/c1-19-4-3-5-21(18-19)28-14-16-29(17-15-28)22-8-12-25-23(26-22)27(2)13-9-20-6-10-24-11-7-20/h3-8,10-12,18H,9,13-17H2,1-2H3. The molecule has 0 saturated carbocycles. The second-order valence-corrected chi connectivity index (χ2v) is 7.55. The van der Waals surface area contributed by atoms with Crippen molar-refractivity contribution < 1.29 is 0 Å². The molecule has 3 aromatic rings. The highest BCUT2D eigenvalue weighted by atomic mass is 15.3. The van der Waals surface area contributed by atoms with E-state index in [0.29, 0.717) is 0 Å². The molecule has 29 heavy (non-hydrogen) atoms. The smallest absolute Gasteiger partial charge is 0.227 e. The third-order valence-corrected chi connectivity index (χ3v) is 5.43. The number of aryl methyl sites for hydroxylation is 1. The minimum Gasteiger partial charge on any atom is -0.368 e. The average Bonchev–Trinajstić information content (AvgIpc) is 2.78. The Hall–Kier alpha value is -3.15. The summed E-state index contributed by atoms with van der Waals surface area (Å²) in [6.45, 7) is 6.94. The molecule has 4 rings (SSSR count). The number of hydrogen-bond acceptors (Lipinski definition) is 6. The molecule has 1 saturated heterocycles. The predicted octanol–water partition coefficient (Wildman–Crippen LogP) is 3.19. The molecule has 1 aliphatic rings. The molecule has 6 heteroatoms. The molecule has 0 radical (unpaired) electrons. The number of aromatic nitrogens is 3. The van der Waals surface area contributed by atoms with Crippen LogP contribution in [0.25, 0.3) is 0 Å². The Labute approximate surface area is 172 Å². The number of likely N-dealkylation sites (N-methyl/N-ethyl adjacent to an activating group) is 1. The van der Waals surface area contributed by atoms with E-state index < -0.39 is 0 Å². The van der Waals surface area contributed by atoms with Crippen molar-refractivity contribution in [1.82, 2.24) is 15.0 Å². The topological polar surface area (TPSA) is 48.4 Å². The van der Waals surface area contributed by atoms with Gasteiger partial charge in [0.2, 0.25) is 5.95 Å². The van der Waals surface area contributed by atoms with E-state index in [1.807, 2.05) is 24.7 Å². The van der Waals surface area contributed by atoms with Gasteiger partial charge in [-0.2, -0.15) is 4.98 Å². The van der Waals surface area contributed by atoms with Gasteiger partial charge in [-0.15, -0.1) is 0 Å². The first-order chi connectivity index (χ1) is 14.2. The normalized spacial score (nSPS) is 14.1. The van der Waals surface area contributed by atoms with E-state index in [0.717, 1.165) is 50.9 Å². The molecule has 6 nitrogen and oxygen atoms in total. The first kappa shape index (κ1) is 19.2. The molecule has 0 atom stereocenters. The van der Waals surface area contributed by atoms with Gasteiger partial charge in [0.1, 0.15) is 5.82 Å². The summed E-state index contributed by atoms with van der Waals surface area (Å²) in [7, 11) is 2.05. The number of piperazine rings is 1. The molecule has 3 heterocycles. The van der Waals surface area contributed by atoms with Crippen molar-refractivity contribution in [3.8, 4) is 0 Å². The zero-order valence-corrected chi connectivity index (χ0v) is 17.2. The van der Waals surface area contributed by atoms with Gasteiger partial charge in [-0.05, 0) is 54.8 Å². The summed E-state index contributed by atoms with van der Waals surface area (Å²) < 4.78 is 0. The number of hydrogen-bond donors (Lipinski definition) is 0. The van der Waals surface area contributed by atoms with Crippen molar-refractivity contribution in [2.24, 2.45) is 0 Å². The predicted molar refractivity (Wildman–Crippen MR) is 119 cm³/mol. The summed E-state index contributed by atoms with van der Waals surface area (Å²) in [5, 5.41) is 0. The number of benzene rings is 1. The Morgan fingerprint density at radius 2 is 1.69 bits per heavy atom. The van der Waals surface area contributed by atoms with E-state index in [4.69, 9.17) is 4.98 Å². The second-order valence-electron chi connectivity index (χ2n) is 7.55. The summed E-state index contributed by atoms with van der Waals surface area (Å²) in [4.78, 5) is 20.3. The van der Waals surface area contributed by atoms with Crippen LogP contribution in [0.2, 0.25) is 0 Å². The van der Waals surface area contributed by atoms with Gasteiger partial charge in [0.15, 0.2) is 0 Å². The van der Waals surface area contributed by atoms with Gasteiger partial charge in [-0.3, -0.25) is 4.98 Å². The van der Waals surface area contributed by atoms with Gasteiger partial charge in [0.25, 0.3) is 0 Å². The maximum atomic E-state index is 4.83. The lowest BCUT2D eigenvalue weighted by molar-refractivity contribution is 0.646. The number of pyridine rings is 1. The molecular formula is C23H28N6. The fraction of sp³-hybridized carbons (Fsp3) is 0.348. The Balaban J connectivity index is 1.36. The summed E-state index contributed by atoms with van der Waals surface area (Å²) in [6.07, 6.45) is 6.49. The van der Waals surface area contributed by atoms with Crippen molar-refractivity contribution in [3.63, 3.8) is 0 Å². The summed E-state index contributed by atoms with van der Waals surface area (Å²) in [5.41, 5.74) is 3.89. The minimum atomic E-state index is 0.776. The summed E-state index contributed by atoms with van der Waals surface area (Å²) in [6, 6.07) is 14.9. The largest absolute Gasteiger partial charge is 0.368 e. The van der Waals surface area contributed by atoms with Crippen LogP contribution in [0.1, 0.15) is 11.1 Å². The third-order valence-electron chi connectivity index (χ3n) is 5.43. The zero-order valence-electron chi connectivity index (χ0n) is 17.2. The quantitative estimate of drug-likeness (QED) is 0.646. The lowest BCUT2D eigenvalue weighted by atomic mass is 10.2. The lowest BCUT2D eigenvalue weighted by Crippen LogP contribution is -2.47. The molecule has 1 fully saturated rings. The van der Waals surface area contributed by atoms with Crippen LogP contribution in [0.3, 0.4) is 0 Å². The van der Waals surface area contributed by atoms with Gasteiger partial charge in [-0.25, -0.2) is 4.98 Å². The molecule has 0 bridgehead atoms. The van der Waals surface area contributed by atoms with E-state index in [-0.39, 0.29) is 0 Å². The van der Waals surface area contributed by atoms with E-state index in [9.17, 15) is 0 Å². The molecule has 2 aromatic heterocycles. The van der Waals surface area contributed by atoms with Crippen molar-refractivity contribution in [2.45, 2.75) is 13.3 Å². The molecule has 1 aliphatic heterocycles. The molecular weight excluding hydrogens is 360 g/mol. The first-order valence-electron chi connectivity index (χ1n) is 10.2. The van der Waals surface area contributed by atoms with Crippen molar-refractivity contribution in [1.29, 1.82) is 0 Å². The maximum Gasteiger partial charge on any atom is 0.227 e. The van der Waals surface area contributed by atoms with Crippen molar-refractivity contribution in [2.75, 3.05) is 54.5 Å². The zero-order chi connectivity index (χ0) is 20.1. The van der Waals surface area contributed by atoms with Crippen LogP contribution in [0, 0.1) is 6.92 Å². The lowest BCUT2D eigenvalue weighted by Gasteiger charge is -2.37. The van der Waals surface area contributed by atoms with Crippen LogP contribution in [-0.2, 0) is 6.42 Å². The molecule has 0 aliphatic carbocycles. The summed E-state index contributed by atoms with van der Waals surface area (Å²) >= 11 is 0. The Bertz CT molecular complexity index is 921. The first-order valence-corrected chi connectivity index (χ1v) is 10.2. The Morgan fingerprint density at radius 3 is 2.45 bits per heavy atom. The van der Waals surface area contributed by atoms with Gasteiger partial charge in [-0.1, -0.05) is 12.1 Å². The van der Waals surface area contributed by atoms with E-state index >= 15 is 0 Å². The van der Waals surface area contributed by atoms with E-state index in [1.165, 1.54) is 16.8 Å². The monoisotopic (exact) mass is 388 g/mol. The van der Waals surface area contributed by atoms with Gasteiger partial charge >= 0.3 is 0 Å². The fourth-order valence-electron chi connectivity index (χ4n) is 3.66. The molecule has 0 spiro atoms. The van der Waals surface area contributed by atoms with Crippen LogP contribution < -0.4 is 14.7 Å². The Morgan fingerprint density at radius 1 is 0.931 bits per heavy atom. The van der Waals surface area contributed by atoms with Crippen LogP contribution in [0.15, 0.2) is 61.1 Å². The molecule has 0 amide bonds. The van der Waals surface area contributed by atoms with E-state index in [2.05, 4.69) is 75.0 Å². The van der Waals surface area contributed by atoms with Crippen molar-refractivity contribution in [3.05, 3.63) is 72.2 Å². The van der Waals surface area contributed by atoms with Gasteiger partial charge in [0.05, 0.1) is 0 Å². The minimum absolute atomic E-state index is 0.776. The number of nitrogens with zero attached hydrogens (tertiary/aromatic N) is 6. The highest BCUT2D eigenvalue weighted by molar-refractivity contribution is 5.51. The average molecular weight is 389 g/mol. The molecule has 150 valence electrons. The highest BCUT2D eigenvalue weighted by Crippen LogP contribution is 2.21. The highest BCUT2D eigenvalue weighted by Gasteiger charge is 2.19. The number of rotatable bonds is 6. The van der Waals surface area contributed by atoms with Crippen LogP contribution >= 0.6 is 0 Å². The third kappa shape index (κ3) is 4.83. The molecule has 0 N–H and O–H groups in total. The van der Waals surface area contributed by atoms with Crippen LogP contribution in [-0.4, -0.2) is 54.7 Å².